The Bertz CT molecular complexity index is 432. The van der Waals surface area contributed by atoms with Crippen LogP contribution >= 0.6 is 23.4 Å². The number of carbonyl (C=O) groups excluding carboxylic acids is 1. The van der Waals surface area contributed by atoms with Crippen molar-refractivity contribution in [2.75, 3.05) is 31.6 Å². The van der Waals surface area contributed by atoms with Gasteiger partial charge < -0.3 is 5.32 Å². The second kappa shape index (κ2) is 7.91. The van der Waals surface area contributed by atoms with E-state index in [1.165, 1.54) is 18.4 Å². The second-order valence-electron chi connectivity index (χ2n) is 5.05. The number of benzene rings is 1. The molecule has 1 saturated heterocycles. The molecule has 20 heavy (non-hydrogen) atoms. The Hall–Kier alpha value is -0.710. The van der Waals surface area contributed by atoms with Gasteiger partial charge >= 0.3 is 0 Å². The minimum atomic E-state index is 0.107. The summed E-state index contributed by atoms with van der Waals surface area (Å²) in [5.74, 6) is 0.628. The van der Waals surface area contributed by atoms with Crippen LogP contribution in [0.4, 0.5) is 0 Å². The van der Waals surface area contributed by atoms with Gasteiger partial charge in [0.15, 0.2) is 0 Å². The van der Waals surface area contributed by atoms with E-state index in [1.807, 2.05) is 18.4 Å². The Morgan fingerprint density at radius 3 is 2.60 bits per heavy atom. The zero-order valence-electron chi connectivity index (χ0n) is 11.8. The molecule has 5 heteroatoms. The molecule has 1 N–H and O–H groups in total. The molecule has 1 aliphatic rings. The van der Waals surface area contributed by atoms with Gasteiger partial charge in [0.2, 0.25) is 5.91 Å². The van der Waals surface area contributed by atoms with Gasteiger partial charge in [0.1, 0.15) is 0 Å². The molecule has 3 nitrogen and oxygen atoms in total. The standard InChI is InChI=1S/C15H21ClN2OS/c1-20-11-15(19)17-10-14(18-8-2-3-9-18)12-4-6-13(16)7-5-12/h4-7,14H,2-3,8-11H2,1H3,(H,17,19). The van der Waals surface area contributed by atoms with Crippen LogP contribution in [0.3, 0.4) is 0 Å². The summed E-state index contributed by atoms with van der Waals surface area (Å²) < 4.78 is 0. The normalized spacial score (nSPS) is 17.1. The maximum atomic E-state index is 11.7. The lowest BCUT2D eigenvalue weighted by Crippen LogP contribution is -2.37. The van der Waals surface area contributed by atoms with Crippen molar-refractivity contribution in [2.45, 2.75) is 18.9 Å². The zero-order valence-corrected chi connectivity index (χ0v) is 13.3. The van der Waals surface area contributed by atoms with Gasteiger partial charge in [-0.2, -0.15) is 11.8 Å². The molecule has 0 bridgehead atoms. The van der Waals surface area contributed by atoms with Gasteiger partial charge in [-0.05, 0) is 49.9 Å². The minimum Gasteiger partial charge on any atom is -0.353 e. The third-order valence-electron chi connectivity index (χ3n) is 3.60. The van der Waals surface area contributed by atoms with E-state index in [-0.39, 0.29) is 11.9 Å². The van der Waals surface area contributed by atoms with Gasteiger partial charge in [-0.25, -0.2) is 0 Å². The molecule has 0 aromatic heterocycles. The van der Waals surface area contributed by atoms with E-state index < -0.39 is 0 Å². The van der Waals surface area contributed by atoms with Gasteiger partial charge in [-0.1, -0.05) is 23.7 Å². The van der Waals surface area contributed by atoms with Crippen LogP contribution in [0.15, 0.2) is 24.3 Å². The van der Waals surface area contributed by atoms with Gasteiger partial charge in [0, 0.05) is 11.6 Å². The van der Waals surface area contributed by atoms with Gasteiger partial charge in [-0.15, -0.1) is 0 Å². The predicted molar refractivity (Wildman–Crippen MR) is 86.4 cm³/mol. The van der Waals surface area contributed by atoms with Crippen LogP contribution in [0.5, 0.6) is 0 Å². The van der Waals surface area contributed by atoms with Gasteiger partial charge in [0.05, 0.1) is 11.8 Å². The highest BCUT2D eigenvalue weighted by Gasteiger charge is 2.23. The van der Waals surface area contributed by atoms with E-state index >= 15 is 0 Å². The summed E-state index contributed by atoms with van der Waals surface area (Å²) in [5, 5.41) is 3.79. The summed E-state index contributed by atoms with van der Waals surface area (Å²) in [4.78, 5) is 14.1. The highest BCUT2D eigenvalue weighted by atomic mass is 35.5. The fraction of sp³-hybridized carbons (Fsp3) is 0.533. The lowest BCUT2D eigenvalue weighted by atomic mass is 10.1. The summed E-state index contributed by atoms with van der Waals surface area (Å²) >= 11 is 7.51. The average molecular weight is 313 g/mol. The maximum Gasteiger partial charge on any atom is 0.230 e. The van der Waals surface area contributed by atoms with Crippen molar-refractivity contribution in [3.63, 3.8) is 0 Å². The van der Waals surface area contributed by atoms with Crippen molar-refractivity contribution >= 4 is 29.3 Å². The van der Waals surface area contributed by atoms with Crippen molar-refractivity contribution in [3.8, 4) is 0 Å². The van der Waals surface area contributed by atoms with Crippen molar-refractivity contribution in [2.24, 2.45) is 0 Å². The van der Waals surface area contributed by atoms with Crippen LogP contribution in [-0.2, 0) is 4.79 Å². The van der Waals surface area contributed by atoms with Crippen LogP contribution in [0, 0.1) is 0 Å². The predicted octanol–water partition coefficient (Wildman–Crippen LogP) is 2.96. The Labute approximate surface area is 130 Å². The molecule has 1 aromatic carbocycles. The monoisotopic (exact) mass is 312 g/mol. The number of hydrogen-bond donors (Lipinski definition) is 1. The molecule has 1 aromatic rings. The Kier molecular flexibility index (Phi) is 6.20. The van der Waals surface area contributed by atoms with Crippen molar-refractivity contribution in [1.29, 1.82) is 0 Å². The van der Waals surface area contributed by atoms with Crippen LogP contribution < -0.4 is 5.32 Å². The van der Waals surface area contributed by atoms with Crippen LogP contribution in [0.1, 0.15) is 24.4 Å². The van der Waals surface area contributed by atoms with E-state index in [1.54, 1.807) is 11.8 Å². The molecule has 1 amide bonds. The fourth-order valence-electron chi connectivity index (χ4n) is 2.59. The number of nitrogens with one attached hydrogen (secondary N) is 1. The summed E-state index contributed by atoms with van der Waals surface area (Å²) in [6.45, 7) is 2.87. The first kappa shape index (κ1) is 15.7. The summed E-state index contributed by atoms with van der Waals surface area (Å²) in [7, 11) is 0. The molecule has 0 radical (unpaired) electrons. The van der Waals surface area contributed by atoms with E-state index in [0.29, 0.717) is 12.3 Å². The fourth-order valence-corrected chi connectivity index (χ4v) is 3.08. The van der Waals surface area contributed by atoms with Crippen LogP contribution in [-0.4, -0.2) is 42.4 Å². The van der Waals surface area contributed by atoms with Crippen LogP contribution in [0.2, 0.25) is 5.02 Å². The third-order valence-corrected chi connectivity index (χ3v) is 4.41. The molecule has 1 unspecified atom stereocenters. The van der Waals surface area contributed by atoms with Crippen molar-refractivity contribution in [3.05, 3.63) is 34.9 Å². The number of nitrogens with zero attached hydrogens (tertiary/aromatic N) is 1. The Morgan fingerprint density at radius 1 is 1.35 bits per heavy atom. The summed E-state index contributed by atoms with van der Waals surface area (Å²) in [5.41, 5.74) is 1.22. The Morgan fingerprint density at radius 2 is 2.00 bits per heavy atom. The quantitative estimate of drug-likeness (QED) is 0.876. The van der Waals surface area contributed by atoms with E-state index in [2.05, 4.69) is 22.3 Å². The van der Waals surface area contributed by atoms with Gasteiger partial charge in [-0.3, -0.25) is 9.69 Å². The molecule has 110 valence electrons. The maximum absolute atomic E-state index is 11.7. The average Bonchev–Trinajstić information content (AvgIpc) is 2.95. The number of amides is 1. The molecule has 0 saturated carbocycles. The first-order valence-electron chi connectivity index (χ1n) is 6.96. The second-order valence-corrected chi connectivity index (χ2v) is 6.35. The minimum absolute atomic E-state index is 0.107. The number of rotatable bonds is 6. The Balaban J connectivity index is 2.04. The zero-order chi connectivity index (χ0) is 14.4. The lowest BCUT2D eigenvalue weighted by Gasteiger charge is -2.28. The number of carbonyl (C=O) groups is 1. The molecule has 1 atom stereocenters. The molecular formula is C15H21ClN2OS. The molecule has 2 rings (SSSR count). The molecular weight excluding hydrogens is 292 g/mol. The van der Waals surface area contributed by atoms with E-state index in [4.69, 9.17) is 11.6 Å². The van der Waals surface area contributed by atoms with Gasteiger partial charge in [0.25, 0.3) is 0 Å². The highest BCUT2D eigenvalue weighted by Crippen LogP contribution is 2.25. The topological polar surface area (TPSA) is 32.3 Å². The number of thioether (sulfide) groups is 1. The first-order chi connectivity index (χ1) is 9.70. The molecule has 1 fully saturated rings. The van der Waals surface area contributed by atoms with E-state index in [9.17, 15) is 4.79 Å². The summed E-state index contributed by atoms with van der Waals surface area (Å²) in [6, 6.07) is 8.21. The lowest BCUT2D eigenvalue weighted by molar-refractivity contribution is -0.118. The smallest absolute Gasteiger partial charge is 0.230 e. The highest BCUT2D eigenvalue weighted by molar-refractivity contribution is 7.99. The largest absolute Gasteiger partial charge is 0.353 e. The number of halogens is 1. The van der Waals surface area contributed by atoms with E-state index in [0.717, 1.165) is 18.1 Å². The third kappa shape index (κ3) is 4.40. The molecule has 0 aliphatic carbocycles. The summed E-state index contributed by atoms with van der Waals surface area (Å²) in [6.07, 6.45) is 4.42. The van der Waals surface area contributed by atoms with Crippen molar-refractivity contribution in [1.82, 2.24) is 10.2 Å². The SMILES string of the molecule is CSCC(=O)NCC(c1ccc(Cl)cc1)N1CCCC1. The first-order valence-corrected chi connectivity index (χ1v) is 8.73. The molecule has 1 aliphatic heterocycles. The van der Waals surface area contributed by atoms with Crippen LogP contribution in [0.25, 0.3) is 0 Å². The van der Waals surface area contributed by atoms with Crippen molar-refractivity contribution < 1.29 is 4.79 Å². The molecule has 1 heterocycles. The molecule has 0 spiro atoms. The number of hydrogen-bond acceptors (Lipinski definition) is 3. The number of likely N-dealkylation sites (tertiary alicyclic amines) is 1.